The Kier molecular flexibility index (Phi) is 0.944. The van der Waals surface area contributed by atoms with Crippen molar-refractivity contribution in [2.24, 2.45) is 10.00 Å². The zero-order valence-corrected chi connectivity index (χ0v) is 3.81. The van der Waals surface area contributed by atoms with Gasteiger partial charge in [-0.15, -0.1) is 0 Å². The van der Waals surface area contributed by atoms with Gasteiger partial charge < -0.3 is 0 Å². The van der Waals surface area contributed by atoms with Gasteiger partial charge in [-0.3, -0.25) is 0 Å². The van der Waals surface area contributed by atoms with E-state index in [1.165, 1.54) is 6.16 Å². The fourth-order valence-electron chi connectivity index (χ4n) is 0.250. The maximum atomic E-state index is 3.74. The van der Waals surface area contributed by atoms with Gasteiger partial charge in [0, 0.05) is 14.9 Å². The predicted octanol–water partition coefficient (Wildman–Crippen LogP) is 1.05. The molecular formula is C2H5N2P. The lowest BCUT2D eigenvalue weighted by Gasteiger charge is -1.63. The SMILES string of the molecule is C1CPN=N1. The lowest BCUT2D eigenvalue weighted by molar-refractivity contribution is 1.10. The van der Waals surface area contributed by atoms with Crippen molar-refractivity contribution in [2.45, 2.75) is 0 Å². The average Bonchev–Trinajstić information content (AvgIpc) is 1.76. The molecule has 3 heteroatoms. The van der Waals surface area contributed by atoms with E-state index < -0.39 is 0 Å². The third kappa shape index (κ3) is 0.656. The highest BCUT2D eigenvalue weighted by molar-refractivity contribution is 7.36. The Hall–Kier alpha value is 0.0300. The molecule has 0 saturated carbocycles. The summed E-state index contributed by atoms with van der Waals surface area (Å²) in [7, 11) is 0.767. The Morgan fingerprint density at radius 2 is 2.60 bits per heavy atom. The quantitative estimate of drug-likeness (QED) is 0.395. The van der Waals surface area contributed by atoms with Gasteiger partial charge in [0.1, 0.15) is 0 Å². The molecule has 0 saturated heterocycles. The smallest absolute Gasteiger partial charge is 0.0656 e. The molecule has 0 N–H and O–H groups in total. The first-order valence-corrected chi connectivity index (χ1v) is 2.75. The van der Waals surface area contributed by atoms with Crippen LogP contribution in [0.3, 0.4) is 0 Å². The van der Waals surface area contributed by atoms with Crippen molar-refractivity contribution >= 4 is 8.73 Å². The van der Waals surface area contributed by atoms with E-state index >= 15 is 0 Å². The minimum atomic E-state index is 0.767. The molecule has 0 aromatic heterocycles. The van der Waals surface area contributed by atoms with Crippen LogP contribution < -0.4 is 0 Å². The van der Waals surface area contributed by atoms with Gasteiger partial charge in [0.25, 0.3) is 0 Å². The fourth-order valence-corrected chi connectivity index (χ4v) is 0.750. The Morgan fingerprint density at radius 1 is 1.60 bits per heavy atom. The molecule has 1 rings (SSSR count). The van der Waals surface area contributed by atoms with E-state index in [4.69, 9.17) is 0 Å². The van der Waals surface area contributed by atoms with Crippen molar-refractivity contribution < 1.29 is 0 Å². The Bertz CT molecular complexity index is 45.6. The molecule has 0 bridgehead atoms. The van der Waals surface area contributed by atoms with Crippen LogP contribution in [0, 0.1) is 0 Å². The van der Waals surface area contributed by atoms with Crippen LogP contribution in [0.25, 0.3) is 0 Å². The highest BCUT2D eigenvalue weighted by Crippen LogP contribution is 2.16. The van der Waals surface area contributed by atoms with Crippen LogP contribution in [-0.4, -0.2) is 12.7 Å². The zero-order valence-electron chi connectivity index (χ0n) is 2.81. The van der Waals surface area contributed by atoms with Crippen LogP contribution in [0.2, 0.25) is 0 Å². The van der Waals surface area contributed by atoms with E-state index in [0.717, 1.165) is 15.3 Å². The molecule has 1 atom stereocenters. The van der Waals surface area contributed by atoms with Crippen LogP contribution in [0.15, 0.2) is 10.00 Å². The van der Waals surface area contributed by atoms with Crippen LogP contribution in [-0.2, 0) is 0 Å². The van der Waals surface area contributed by atoms with Gasteiger partial charge in [-0.25, -0.2) is 0 Å². The Labute approximate surface area is 32.5 Å². The average molecular weight is 88.0 g/mol. The van der Waals surface area contributed by atoms with E-state index in [2.05, 4.69) is 10.00 Å². The molecule has 1 aliphatic heterocycles. The molecule has 5 heavy (non-hydrogen) atoms. The van der Waals surface area contributed by atoms with Gasteiger partial charge in [-0.2, -0.15) is 10.00 Å². The second-order valence-corrected chi connectivity index (χ2v) is 1.89. The Morgan fingerprint density at radius 3 is 2.80 bits per heavy atom. The summed E-state index contributed by atoms with van der Waals surface area (Å²) in [5.74, 6) is 0. The predicted molar refractivity (Wildman–Crippen MR) is 22.9 cm³/mol. The Balaban J connectivity index is 2.32. The fraction of sp³-hybridized carbons (Fsp3) is 1.00. The monoisotopic (exact) mass is 88.0 g/mol. The van der Waals surface area contributed by atoms with E-state index in [9.17, 15) is 0 Å². The molecule has 0 aliphatic carbocycles. The molecule has 0 amide bonds. The largest absolute Gasteiger partial charge is 0.190 e. The minimum Gasteiger partial charge on any atom is -0.190 e. The zero-order chi connectivity index (χ0) is 3.54. The van der Waals surface area contributed by atoms with Crippen molar-refractivity contribution in [3.05, 3.63) is 0 Å². The van der Waals surface area contributed by atoms with Crippen molar-refractivity contribution in [3.8, 4) is 0 Å². The third-order valence-electron chi connectivity index (χ3n) is 0.465. The van der Waals surface area contributed by atoms with Gasteiger partial charge in [0.15, 0.2) is 0 Å². The van der Waals surface area contributed by atoms with Gasteiger partial charge in [-0.1, -0.05) is 0 Å². The summed E-state index contributed by atoms with van der Waals surface area (Å²) in [6.07, 6.45) is 1.19. The minimum absolute atomic E-state index is 0.767. The number of nitrogens with zero attached hydrogens (tertiary/aromatic N) is 2. The van der Waals surface area contributed by atoms with Crippen molar-refractivity contribution in [1.29, 1.82) is 0 Å². The first-order chi connectivity index (χ1) is 2.50. The molecule has 0 aromatic carbocycles. The van der Waals surface area contributed by atoms with Crippen LogP contribution >= 0.6 is 8.73 Å². The lowest BCUT2D eigenvalue weighted by atomic mass is 10.8. The number of hydrogen-bond donors (Lipinski definition) is 0. The number of rotatable bonds is 0. The summed E-state index contributed by atoms with van der Waals surface area (Å²) in [6.45, 7) is 0.971. The summed E-state index contributed by atoms with van der Waals surface area (Å²) in [5, 5.41) is 3.72. The molecule has 28 valence electrons. The summed E-state index contributed by atoms with van der Waals surface area (Å²) < 4.78 is 0. The van der Waals surface area contributed by atoms with Gasteiger partial charge in [0.05, 0.1) is 6.54 Å². The highest BCUT2D eigenvalue weighted by atomic mass is 31.1. The topological polar surface area (TPSA) is 24.7 Å². The van der Waals surface area contributed by atoms with Gasteiger partial charge in [-0.05, 0) is 0 Å². The van der Waals surface area contributed by atoms with Crippen molar-refractivity contribution in [1.82, 2.24) is 0 Å². The van der Waals surface area contributed by atoms with Gasteiger partial charge >= 0.3 is 0 Å². The number of hydrogen-bond acceptors (Lipinski definition) is 2. The summed E-state index contributed by atoms with van der Waals surface area (Å²) in [6, 6.07) is 0. The summed E-state index contributed by atoms with van der Waals surface area (Å²) in [4.78, 5) is 3.74. The van der Waals surface area contributed by atoms with Crippen LogP contribution in [0.5, 0.6) is 0 Å². The third-order valence-corrected chi connectivity index (χ3v) is 1.20. The van der Waals surface area contributed by atoms with Crippen molar-refractivity contribution in [3.63, 3.8) is 0 Å². The van der Waals surface area contributed by atoms with E-state index in [1.54, 1.807) is 0 Å². The van der Waals surface area contributed by atoms with Crippen LogP contribution in [0.1, 0.15) is 0 Å². The maximum Gasteiger partial charge on any atom is 0.0656 e. The molecule has 0 radical (unpaired) electrons. The standard InChI is InChI=1S/C2H5N2P/c1-2-5-4-3-1/h5H,1-2H2. The molecule has 0 fully saturated rings. The van der Waals surface area contributed by atoms with Crippen LogP contribution in [0.4, 0.5) is 0 Å². The van der Waals surface area contributed by atoms with Crippen molar-refractivity contribution in [2.75, 3.05) is 12.7 Å². The normalized spacial score (nSPS) is 25.6. The summed E-state index contributed by atoms with van der Waals surface area (Å²) in [5.41, 5.74) is 0. The molecule has 2 nitrogen and oxygen atoms in total. The van der Waals surface area contributed by atoms with E-state index in [0.29, 0.717) is 0 Å². The highest BCUT2D eigenvalue weighted by Gasteiger charge is 1.87. The first kappa shape index (κ1) is 3.23. The van der Waals surface area contributed by atoms with E-state index in [-0.39, 0.29) is 0 Å². The molecule has 1 aliphatic rings. The maximum absolute atomic E-state index is 3.74. The van der Waals surface area contributed by atoms with E-state index in [1.807, 2.05) is 0 Å². The summed E-state index contributed by atoms with van der Waals surface area (Å²) >= 11 is 0. The first-order valence-electron chi connectivity index (χ1n) is 1.59. The second-order valence-electron chi connectivity index (χ2n) is 0.873. The lowest BCUT2D eigenvalue weighted by Crippen LogP contribution is -1.67. The molecule has 1 heterocycles. The second kappa shape index (κ2) is 1.46. The van der Waals surface area contributed by atoms with Gasteiger partial charge in [0.2, 0.25) is 0 Å². The molecule has 0 aromatic rings. The molecule has 0 spiro atoms. The molecule has 1 unspecified atom stereocenters. The molecular weight excluding hydrogens is 83.0 g/mol.